The Balaban J connectivity index is 2.08. The van der Waals surface area contributed by atoms with Gasteiger partial charge in [-0.2, -0.15) is 4.31 Å². The van der Waals surface area contributed by atoms with E-state index in [1.807, 2.05) is 6.07 Å². The molecule has 1 aliphatic rings. The van der Waals surface area contributed by atoms with Crippen molar-refractivity contribution in [3.05, 3.63) is 58.3 Å². The summed E-state index contributed by atoms with van der Waals surface area (Å²) in [5.74, 6) is -0.202. The molecule has 1 saturated heterocycles. The van der Waals surface area contributed by atoms with E-state index < -0.39 is 16.1 Å². The molecular formula is C16H15Cl2N3O3S. The van der Waals surface area contributed by atoms with Gasteiger partial charge in [-0.15, -0.1) is 0 Å². The Bertz CT molecular complexity index is 891. The number of sulfonamides is 1. The quantitative estimate of drug-likeness (QED) is 0.804. The summed E-state index contributed by atoms with van der Waals surface area (Å²) in [5, 5.41) is 2.62. The molecule has 1 atom stereocenters. The molecule has 1 aromatic heterocycles. The number of nitrogens with zero attached hydrogens (tertiary/aromatic N) is 2. The average molecular weight is 400 g/mol. The van der Waals surface area contributed by atoms with Gasteiger partial charge in [0.15, 0.2) is 5.15 Å². The number of aromatic nitrogens is 1. The zero-order valence-electron chi connectivity index (χ0n) is 13.0. The topological polar surface area (TPSA) is 79.4 Å². The Kier molecular flexibility index (Phi) is 5.29. The molecule has 6 nitrogen and oxygen atoms in total. The Labute approximate surface area is 155 Å². The van der Waals surface area contributed by atoms with Gasteiger partial charge in [-0.1, -0.05) is 53.5 Å². The molecule has 2 aromatic rings. The Hall–Kier alpha value is -1.67. The van der Waals surface area contributed by atoms with Gasteiger partial charge < -0.3 is 5.32 Å². The van der Waals surface area contributed by atoms with Gasteiger partial charge in [0.2, 0.25) is 15.9 Å². The van der Waals surface area contributed by atoms with E-state index in [-0.39, 0.29) is 40.6 Å². The lowest BCUT2D eigenvalue weighted by atomic mass is 10.0. The molecule has 3 rings (SSSR count). The minimum absolute atomic E-state index is 0.0296. The van der Waals surface area contributed by atoms with Crippen LogP contribution < -0.4 is 5.32 Å². The summed E-state index contributed by atoms with van der Waals surface area (Å²) in [5.41, 5.74) is 0.737. The fraction of sp³-hybridized carbons (Fsp3) is 0.250. The van der Waals surface area contributed by atoms with Gasteiger partial charge in [0.05, 0.1) is 6.04 Å². The van der Waals surface area contributed by atoms with Crippen LogP contribution in [-0.2, 0) is 14.8 Å². The molecular weight excluding hydrogens is 385 g/mol. The van der Waals surface area contributed by atoms with E-state index in [9.17, 15) is 13.2 Å². The Morgan fingerprint density at radius 2 is 1.84 bits per heavy atom. The Morgan fingerprint density at radius 1 is 1.12 bits per heavy atom. The summed E-state index contributed by atoms with van der Waals surface area (Å²) in [4.78, 5) is 15.7. The van der Waals surface area contributed by atoms with E-state index in [2.05, 4.69) is 10.3 Å². The predicted molar refractivity (Wildman–Crippen MR) is 95.0 cm³/mol. The first-order chi connectivity index (χ1) is 11.9. The highest BCUT2D eigenvalue weighted by Crippen LogP contribution is 2.33. The molecule has 1 aliphatic heterocycles. The number of pyridine rings is 1. The lowest BCUT2D eigenvalue weighted by Gasteiger charge is -2.28. The molecule has 2 heterocycles. The van der Waals surface area contributed by atoms with Crippen molar-refractivity contribution < 1.29 is 13.2 Å². The molecule has 1 amide bonds. The van der Waals surface area contributed by atoms with Crippen molar-refractivity contribution in [2.75, 3.05) is 13.1 Å². The average Bonchev–Trinajstić information content (AvgIpc) is 2.77. The van der Waals surface area contributed by atoms with Crippen molar-refractivity contribution in [3.63, 3.8) is 0 Å². The molecule has 0 saturated carbocycles. The summed E-state index contributed by atoms with van der Waals surface area (Å²) in [7, 11) is -3.97. The molecule has 0 aliphatic carbocycles. The lowest BCUT2D eigenvalue weighted by Crippen LogP contribution is -2.36. The molecule has 0 radical (unpaired) electrons. The van der Waals surface area contributed by atoms with Gasteiger partial charge in [0.1, 0.15) is 10.0 Å². The van der Waals surface area contributed by atoms with Crippen LogP contribution in [0, 0.1) is 0 Å². The van der Waals surface area contributed by atoms with E-state index in [1.54, 1.807) is 24.3 Å². The van der Waals surface area contributed by atoms with Crippen LogP contribution in [0.4, 0.5) is 0 Å². The van der Waals surface area contributed by atoms with Crippen LogP contribution in [0.1, 0.15) is 18.0 Å². The highest BCUT2D eigenvalue weighted by atomic mass is 35.5. The first-order valence-electron chi connectivity index (χ1n) is 7.55. The molecule has 1 fully saturated rings. The summed E-state index contributed by atoms with van der Waals surface area (Å²) in [6, 6.07) is 11.1. The fourth-order valence-corrected chi connectivity index (χ4v) is 5.03. The molecule has 1 aromatic carbocycles. The zero-order chi connectivity index (χ0) is 18.0. The molecule has 0 unspecified atom stereocenters. The predicted octanol–water partition coefficient (Wildman–Crippen LogP) is 2.64. The first-order valence-corrected chi connectivity index (χ1v) is 9.75. The smallest absolute Gasteiger partial charge is 0.246 e. The van der Waals surface area contributed by atoms with Crippen molar-refractivity contribution in [1.29, 1.82) is 0 Å². The number of rotatable bonds is 3. The highest BCUT2D eigenvalue weighted by Gasteiger charge is 2.36. The van der Waals surface area contributed by atoms with Crippen LogP contribution in [0.15, 0.2) is 47.4 Å². The number of carbonyl (C=O) groups excluding carboxylic acids is 1. The second-order valence-electron chi connectivity index (χ2n) is 5.52. The summed E-state index contributed by atoms with van der Waals surface area (Å²) < 4.78 is 27.7. The highest BCUT2D eigenvalue weighted by molar-refractivity contribution is 7.89. The molecule has 9 heteroatoms. The third kappa shape index (κ3) is 3.79. The van der Waals surface area contributed by atoms with Crippen molar-refractivity contribution in [3.8, 4) is 0 Å². The molecule has 1 N–H and O–H groups in total. The van der Waals surface area contributed by atoms with Gasteiger partial charge in [0.25, 0.3) is 0 Å². The number of hydrogen-bond acceptors (Lipinski definition) is 4. The molecule has 0 bridgehead atoms. The van der Waals surface area contributed by atoms with Crippen LogP contribution in [0.5, 0.6) is 0 Å². The van der Waals surface area contributed by atoms with Gasteiger partial charge in [-0.05, 0) is 17.7 Å². The fourth-order valence-electron chi connectivity index (χ4n) is 2.78. The standard InChI is InChI=1S/C16H15Cl2N3O3S/c17-14-7-6-13(16(18)20-14)25(23,24)21-9-8-19-15(22)10-12(21)11-4-2-1-3-5-11/h1-7,12H,8-10H2,(H,19,22)/t12-/m0/s1. The van der Waals surface area contributed by atoms with E-state index in [1.165, 1.54) is 16.4 Å². The lowest BCUT2D eigenvalue weighted by molar-refractivity contribution is -0.121. The summed E-state index contributed by atoms with van der Waals surface area (Å²) >= 11 is 11.8. The van der Waals surface area contributed by atoms with E-state index in [0.717, 1.165) is 5.56 Å². The normalized spacial score (nSPS) is 19.3. The molecule has 25 heavy (non-hydrogen) atoms. The van der Waals surface area contributed by atoms with E-state index >= 15 is 0 Å². The SMILES string of the molecule is O=C1C[C@@H](c2ccccc2)N(S(=O)(=O)c2ccc(Cl)nc2Cl)CCN1. The van der Waals surface area contributed by atoms with Gasteiger partial charge in [-0.25, -0.2) is 13.4 Å². The number of amides is 1. The maximum atomic E-state index is 13.2. The number of carbonyl (C=O) groups is 1. The van der Waals surface area contributed by atoms with Crippen LogP contribution in [0.2, 0.25) is 10.3 Å². The summed E-state index contributed by atoms with van der Waals surface area (Å²) in [6.07, 6.45) is 0.0296. The van der Waals surface area contributed by atoms with Crippen molar-refractivity contribution in [2.24, 2.45) is 0 Å². The number of benzene rings is 1. The van der Waals surface area contributed by atoms with E-state index in [0.29, 0.717) is 0 Å². The first kappa shape index (κ1) is 18.1. The number of nitrogens with one attached hydrogen (secondary N) is 1. The molecule has 132 valence electrons. The zero-order valence-corrected chi connectivity index (χ0v) is 15.4. The van der Waals surface area contributed by atoms with Crippen LogP contribution in [0.25, 0.3) is 0 Å². The van der Waals surface area contributed by atoms with Crippen molar-refractivity contribution >= 4 is 39.1 Å². The minimum Gasteiger partial charge on any atom is -0.355 e. The third-order valence-corrected chi connectivity index (χ3v) is 6.48. The van der Waals surface area contributed by atoms with Gasteiger partial charge in [0, 0.05) is 19.5 Å². The van der Waals surface area contributed by atoms with Crippen LogP contribution >= 0.6 is 23.2 Å². The second kappa shape index (κ2) is 7.29. The maximum Gasteiger partial charge on any atom is 0.246 e. The largest absolute Gasteiger partial charge is 0.355 e. The summed E-state index contributed by atoms with van der Waals surface area (Å²) in [6.45, 7) is 0.354. The third-order valence-electron chi connectivity index (χ3n) is 3.93. The minimum atomic E-state index is -3.97. The van der Waals surface area contributed by atoms with Crippen LogP contribution in [-0.4, -0.2) is 36.7 Å². The number of halogens is 2. The van der Waals surface area contributed by atoms with Crippen molar-refractivity contribution in [2.45, 2.75) is 17.4 Å². The van der Waals surface area contributed by atoms with Crippen molar-refractivity contribution in [1.82, 2.24) is 14.6 Å². The Morgan fingerprint density at radius 3 is 2.52 bits per heavy atom. The molecule has 0 spiro atoms. The van der Waals surface area contributed by atoms with Gasteiger partial charge in [-0.3, -0.25) is 4.79 Å². The maximum absolute atomic E-state index is 13.2. The number of hydrogen-bond donors (Lipinski definition) is 1. The van der Waals surface area contributed by atoms with E-state index in [4.69, 9.17) is 23.2 Å². The second-order valence-corrected chi connectivity index (χ2v) is 8.12. The van der Waals surface area contributed by atoms with Crippen LogP contribution in [0.3, 0.4) is 0 Å². The van der Waals surface area contributed by atoms with Gasteiger partial charge >= 0.3 is 0 Å². The monoisotopic (exact) mass is 399 g/mol.